The number of amides is 1. The lowest BCUT2D eigenvalue weighted by Crippen LogP contribution is -2.45. The summed E-state index contributed by atoms with van der Waals surface area (Å²) in [5.41, 5.74) is 8.36. The quantitative estimate of drug-likeness (QED) is 0.728. The molecule has 1 saturated heterocycles. The molecule has 134 valence electrons. The molecule has 1 atom stereocenters. The van der Waals surface area contributed by atoms with Gasteiger partial charge in [0.1, 0.15) is 5.56 Å². The summed E-state index contributed by atoms with van der Waals surface area (Å²) in [5, 5.41) is 8.37. The third kappa shape index (κ3) is 3.29. The first-order valence-electron chi connectivity index (χ1n) is 8.44. The Morgan fingerprint density at radius 1 is 1.38 bits per heavy atom. The fourth-order valence-corrected chi connectivity index (χ4v) is 3.58. The van der Waals surface area contributed by atoms with Gasteiger partial charge >= 0.3 is 0 Å². The number of benzene rings is 1. The number of hydrogen-bond acceptors (Lipinski definition) is 5. The first kappa shape index (κ1) is 17.0. The van der Waals surface area contributed by atoms with Crippen LogP contribution in [-0.4, -0.2) is 45.0 Å². The van der Waals surface area contributed by atoms with Gasteiger partial charge in [-0.3, -0.25) is 9.69 Å². The van der Waals surface area contributed by atoms with Crippen molar-refractivity contribution in [2.75, 3.05) is 19.6 Å². The normalized spacial score (nSPS) is 18.3. The van der Waals surface area contributed by atoms with E-state index in [1.165, 1.54) is 11.8 Å². The van der Waals surface area contributed by atoms with Crippen LogP contribution in [0.4, 0.5) is 0 Å². The Kier molecular flexibility index (Phi) is 4.58. The van der Waals surface area contributed by atoms with Crippen molar-refractivity contribution in [2.24, 2.45) is 5.73 Å². The molecule has 8 heteroatoms. The lowest BCUT2D eigenvalue weighted by molar-refractivity contribution is 0.100. The van der Waals surface area contributed by atoms with Gasteiger partial charge in [0.25, 0.3) is 5.91 Å². The molecule has 0 aliphatic carbocycles. The summed E-state index contributed by atoms with van der Waals surface area (Å²) in [6.07, 6.45) is 5.13. The fourth-order valence-electron chi connectivity index (χ4n) is 3.38. The molecule has 2 aromatic heterocycles. The Balaban J connectivity index is 1.60. The molecule has 0 radical (unpaired) electrons. The van der Waals surface area contributed by atoms with Crippen molar-refractivity contribution >= 4 is 23.2 Å². The van der Waals surface area contributed by atoms with Crippen molar-refractivity contribution in [3.05, 3.63) is 64.6 Å². The van der Waals surface area contributed by atoms with Crippen molar-refractivity contribution in [1.82, 2.24) is 24.8 Å². The number of carbonyl (C=O) groups is 1. The average molecular weight is 371 g/mol. The molecule has 4 rings (SSSR count). The molecule has 1 unspecified atom stereocenters. The number of aromatic nitrogens is 3. The maximum absolute atomic E-state index is 11.4. The molecular formula is C18H19ClN6O. The Morgan fingerprint density at radius 3 is 3.08 bits per heavy atom. The molecule has 3 heterocycles. The molecule has 0 spiro atoms. The largest absolute Gasteiger partial charge is 0.365 e. The number of nitrogens with one attached hydrogen (secondary N) is 1. The van der Waals surface area contributed by atoms with E-state index in [1.54, 1.807) is 10.7 Å². The number of nitrogens with zero attached hydrogens (tertiary/aromatic N) is 4. The van der Waals surface area contributed by atoms with Gasteiger partial charge in [-0.1, -0.05) is 23.7 Å². The van der Waals surface area contributed by atoms with Gasteiger partial charge in [0.05, 0.1) is 6.20 Å². The van der Waals surface area contributed by atoms with Gasteiger partial charge in [-0.2, -0.15) is 5.10 Å². The second kappa shape index (κ2) is 7.03. The van der Waals surface area contributed by atoms with Crippen LogP contribution in [0.2, 0.25) is 5.02 Å². The highest BCUT2D eigenvalue weighted by molar-refractivity contribution is 6.30. The molecule has 3 aromatic rings. The minimum absolute atomic E-state index is 0.233. The molecule has 1 aromatic carbocycles. The van der Waals surface area contributed by atoms with E-state index < -0.39 is 5.91 Å². The van der Waals surface area contributed by atoms with Gasteiger partial charge in [0.15, 0.2) is 5.65 Å². The smallest absolute Gasteiger partial charge is 0.254 e. The van der Waals surface area contributed by atoms with E-state index in [0.717, 1.165) is 36.8 Å². The van der Waals surface area contributed by atoms with Gasteiger partial charge in [0, 0.05) is 55.2 Å². The van der Waals surface area contributed by atoms with Crippen LogP contribution in [0.3, 0.4) is 0 Å². The van der Waals surface area contributed by atoms with Crippen LogP contribution in [-0.2, 0) is 6.54 Å². The molecule has 1 fully saturated rings. The van der Waals surface area contributed by atoms with E-state index in [0.29, 0.717) is 11.2 Å². The summed E-state index contributed by atoms with van der Waals surface area (Å²) in [7, 11) is 0. The van der Waals surface area contributed by atoms with Gasteiger partial charge in [-0.15, -0.1) is 0 Å². The summed E-state index contributed by atoms with van der Waals surface area (Å²) in [6, 6.07) is 8.22. The number of fused-ring (bicyclic) bond motifs is 1. The number of halogens is 1. The zero-order valence-electron chi connectivity index (χ0n) is 14.1. The van der Waals surface area contributed by atoms with Crippen LogP contribution >= 0.6 is 11.6 Å². The summed E-state index contributed by atoms with van der Waals surface area (Å²) < 4.78 is 1.60. The Labute approximate surface area is 155 Å². The SMILES string of the molecule is NC(=O)c1cnn2cc(CN3CCNCC3c3cccc(Cl)c3)cnc12. The van der Waals surface area contributed by atoms with Crippen molar-refractivity contribution in [1.29, 1.82) is 0 Å². The second-order valence-corrected chi connectivity index (χ2v) is 6.83. The molecule has 26 heavy (non-hydrogen) atoms. The van der Waals surface area contributed by atoms with E-state index >= 15 is 0 Å². The van der Waals surface area contributed by atoms with Gasteiger partial charge < -0.3 is 11.1 Å². The lowest BCUT2D eigenvalue weighted by atomic mass is 10.0. The standard InChI is InChI=1S/C18H19ClN6O/c19-14-3-1-2-13(6-14)16-9-21-4-5-24(16)10-12-7-22-18-15(17(20)26)8-23-25(18)11-12/h1-3,6-8,11,16,21H,4-5,9-10H2,(H2,20,26). The van der Waals surface area contributed by atoms with Crippen molar-refractivity contribution in [2.45, 2.75) is 12.6 Å². The molecule has 7 nitrogen and oxygen atoms in total. The highest BCUT2D eigenvalue weighted by Gasteiger charge is 2.24. The first-order valence-corrected chi connectivity index (χ1v) is 8.82. The van der Waals surface area contributed by atoms with Crippen LogP contribution in [0.5, 0.6) is 0 Å². The van der Waals surface area contributed by atoms with Gasteiger partial charge in [-0.05, 0) is 17.7 Å². The highest BCUT2D eigenvalue weighted by Crippen LogP contribution is 2.26. The van der Waals surface area contributed by atoms with E-state index in [4.69, 9.17) is 17.3 Å². The number of hydrogen-bond donors (Lipinski definition) is 2. The zero-order chi connectivity index (χ0) is 18.1. The summed E-state index contributed by atoms with van der Waals surface area (Å²) >= 11 is 6.17. The molecular weight excluding hydrogens is 352 g/mol. The minimum atomic E-state index is -0.525. The summed E-state index contributed by atoms with van der Waals surface area (Å²) in [5.74, 6) is -0.525. The summed E-state index contributed by atoms with van der Waals surface area (Å²) in [6.45, 7) is 3.44. The summed E-state index contributed by atoms with van der Waals surface area (Å²) in [4.78, 5) is 18.2. The Morgan fingerprint density at radius 2 is 2.27 bits per heavy atom. The predicted molar refractivity (Wildman–Crippen MR) is 99.0 cm³/mol. The van der Waals surface area contributed by atoms with Crippen molar-refractivity contribution < 1.29 is 4.79 Å². The van der Waals surface area contributed by atoms with Crippen LogP contribution in [0, 0.1) is 0 Å². The topological polar surface area (TPSA) is 88.5 Å². The van der Waals surface area contributed by atoms with Crippen LogP contribution in [0.1, 0.15) is 27.5 Å². The third-order valence-electron chi connectivity index (χ3n) is 4.65. The monoisotopic (exact) mass is 370 g/mol. The number of rotatable bonds is 4. The number of nitrogens with two attached hydrogens (primary N) is 1. The van der Waals surface area contributed by atoms with E-state index in [9.17, 15) is 4.79 Å². The molecule has 0 bridgehead atoms. The van der Waals surface area contributed by atoms with Crippen molar-refractivity contribution in [3.63, 3.8) is 0 Å². The molecule has 0 saturated carbocycles. The minimum Gasteiger partial charge on any atom is -0.365 e. The van der Waals surface area contributed by atoms with E-state index in [1.807, 2.05) is 24.4 Å². The number of piperazine rings is 1. The molecule has 1 amide bonds. The average Bonchev–Trinajstić information content (AvgIpc) is 3.06. The molecule has 1 aliphatic rings. The zero-order valence-corrected chi connectivity index (χ0v) is 14.9. The van der Waals surface area contributed by atoms with E-state index in [-0.39, 0.29) is 6.04 Å². The van der Waals surface area contributed by atoms with Crippen molar-refractivity contribution in [3.8, 4) is 0 Å². The maximum atomic E-state index is 11.4. The molecule has 3 N–H and O–H groups in total. The Bertz CT molecular complexity index is 956. The lowest BCUT2D eigenvalue weighted by Gasteiger charge is -2.36. The van der Waals surface area contributed by atoms with Crippen LogP contribution < -0.4 is 11.1 Å². The van der Waals surface area contributed by atoms with E-state index in [2.05, 4.69) is 26.4 Å². The third-order valence-corrected chi connectivity index (χ3v) is 4.88. The highest BCUT2D eigenvalue weighted by atomic mass is 35.5. The predicted octanol–water partition coefficient (Wildman–Crippen LogP) is 1.63. The number of primary amides is 1. The van der Waals surface area contributed by atoms with Gasteiger partial charge in [0.2, 0.25) is 0 Å². The first-order chi connectivity index (χ1) is 12.6. The molecule has 1 aliphatic heterocycles. The second-order valence-electron chi connectivity index (χ2n) is 6.40. The van der Waals surface area contributed by atoms with Gasteiger partial charge in [-0.25, -0.2) is 9.50 Å². The van der Waals surface area contributed by atoms with Crippen LogP contribution in [0.25, 0.3) is 5.65 Å². The Hall–Kier alpha value is -2.48. The fraction of sp³-hybridized carbons (Fsp3) is 0.278. The number of carbonyl (C=O) groups excluding carboxylic acids is 1. The van der Waals surface area contributed by atoms with Crippen LogP contribution in [0.15, 0.2) is 42.9 Å². The maximum Gasteiger partial charge on any atom is 0.254 e.